The molecule has 0 aliphatic carbocycles. The van der Waals surface area contributed by atoms with Crippen LogP contribution in [0.5, 0.6) is 0 Å². The van der Waals surface area contributed by atoms with Crippen molar-refractivity contribution in [3.8, 4) is 6.07 Å². The number of carbonyl (C=O) groups is 2. The molecule has 0 aromatic heterocycles. The molecular weight excluding hydrogens is 192 g/mol. The minimum atomic E-state index is -0.639. The Morgan fingerprint density at radius 1 is 1.47 bits per heavy atom. The summed E-state index contributed by atoms with van der Waals surface area (Å²) in [5, 5.41) is 11.1. The maximum atomic E-state index is 11.3. The zero-order valence-electron chi connectivity index (χ0n) is 8.95. The molecule has 1 saturated heterocycles. The molecule has 1 N–H and O–H groups in total. The van der Waals surface area contributed by atoms with Gasteiger partial charge in [0.2, 0.25) is 11.8 Å². The van der Waals surface area contributed by atoms with E-state index in [1.807, 2.05) is 6.07 Å². The molecule has 1 aliphatic heterocycles. The van der Waals surface area contributed by atoms with E-state index in [1.54, 1.807) is 0 Å². The van der Waals surface area contributed by atoms with Crippen LogP contribution in [0.1, 0.15) is 39.0 Å². The number of hydrogen-bond acceptors (Lipinski definition) is 3. The van der Waals surface area contributed by atoms with Gasteiger partial charge >= 0.3 is 0 Å². The summed E-state index contributed by atoms with van der Waals surface area (Å²) < 4.78 is 0. The molecule has 0 saturated carbocycles. The number of rotatable bonds is 4. The Morgan fingerprint density at radius 3 is 2.80 bits per heavy atom. The number of amides is 2. The van der Waals surface area contributed by atoms with Gasteiger partial charge < -0.3 is 0 Å². The van der Waals surface area contributed by atoms with Gasteiger partial charge in [0.1, 0.15) is 5.92 Å². The number of piperidine rings is 1. The normalized spacial score (nSPS) is 25.9. The predicted octanol–water partition coefficient (Wildman–Crippen LogP) is 1.37. The minimum absolute atomic E-state index is 0.0807. The standard InChI is InChI=1S/C11H16N2O2/c1-2-3-4-5-8-6-10(14)13-11(15)9(8)7-12/h8-9H,2-6H2,1H3,(H,13,14,15). The third-order valence-corrected chi connectivity index (χ3v) is 2.78. The Hall–Kier alpha value is -1.37. The van der Waals surface area contributed by atoms with Crippen LogP contribution in [0.3, 0.4) is 0 Å². The van der Waals surface area contributed by atoms with Crippen molar-refractivity contribution in [1.82, 2.24) is 5.32 Å². The molecule has 0 spiro atoms. The SMILES string of the molecule is CCCCCC1CC(=O)NC(=O)C1C#N. The summed E-state index contributed by atoms with van der Waals surface area (Å²) in [5.41, 5.74) is 0. The molecule has 0 radical (unpaired) electrons. The fourth-order valence-corrected chi connectivity index (χ4v) is 1.93. The van der Waals surface area contributed by atoms with Crippen molar-refractivity contribution < 1.29 is 9.59 Å². The lowest BCUT2D eigenvalue weighted by atomic mass is 9.83. The van der Waals surface area contributed by atoms with Gasteiger partial charge in [-0.2, -0.15) is 5.26 Å². The van der Waals surface area contributed by atoms with Gasteiger partial charge in [-0.25, -0.2) is 0 Å². The maximum Gasteiger partial charge on any atom is 0.244 e. The Kier molecular flexibility index (Phi) is 4.29. The number of carbonyl (C=O) groups excluding carboxylic acids is 2. The van der Waals surface area contributed by atoms with E-state index < -0.39 is 11.8 Å². The molecule has 2 atom stereocenters. The van der Waals surface area contributed by atoms with Gasteiger partial charge in [-0.1, -0.05) is 26.2 Å². The van der Waals surface area contributed by atoms with Crippen molar-refractivity contribution in [3.05, 3.63) is 0 Å². The zero-order chi connectivity index (χ0) is 11.3. The predicted molar refractivity (Wildman–Crippen MR) is 54.5 cm³/mol. The highest BCUT2D eigenvalue weighted by Gasteiger charge is 2.35. The van der Waals surface area contributed by atoms with Crippen LogP contribution >= 0.6 is 0 Å². The van der Waals surface area contributed by atoms with Crippen LogP contribution in [0.4, 0.5) is 0 Å². The third-order valence-electron chi connectivity index (χ3n) is 2.78. The first-order chi connectivity index (χ1) is 7.19. The van der Waals surface area contributed by atoms with Gasteiger partial charge in [0, 0.05) is 6.42 Å². The first kappa shape index (κ1) is 11.7. The fourth-order valence-electron chi connectivity index (χ4n) is 1.93. The monoisotopic (exact) mass is 208 g/mol. The van der Waals surface area contributed by atoms with Gasteiger partial charge in [-0.3, -0.25) is 14.9 Å². The molecule has 2 unspecified atom stereocenters. The summed E-state index contributed by atoms with van der Waals surface area (Å²) in [5.74, 6) is -1.38. The Bertz CT molecular complexity index is 293. The number of hydrogen-bond donors (Lipinski definition) is 1. The van der Waals surface area contributed by atoms with Crippen LogP contribution in [0, 0.1) is 23.2 Å². The summed E-state index contributed by atoms with van der Waals surface area (Å²) in [6.45, 7) is 2.10. The summed E-state index contributed by atoms with van der Waals surface area (Å²) >= 11 is 0. The van der Waals surface area contributed by atoms with Crippen LogP contribution in [-0.4, -0.2) is 11.8 Å². The number of nitriles is 1. The van der Waals surface area contributed by atoms with E-state index >= 15 is 0 Å². The van der Waals surface area contributed by atoms with Gasteiger partial charge in [-0.15, -0.1) is 0 Å². The van der Waals surface area contributed by atoms with E-state index in [2.05, 4.69) is 12.2 Å². The molecule has 0 aromatic rings. The lowest BCUT2D eigenvalue weighted by Crippen LogP contribution is -2.45. The quantitative estimate of drug-likeness (QED) is 0.560. The molecule has 1 rings (SSSR count). The molecular formula is C11H16N2O2. The zero-order valence-corrected chi connectivity index (χ0v) is 8.95. The first-order valence-corrected chi connectivity index (χ1v) is 5.42. The Morgan fingerprint density at radius 2 is 2.20 bits per heavy atom. The summed E-state index contributed by atoms with van der Waals surface area (Å²) in [6, 6.07) is 1.99. The molecule has 1 fully saturated rings. The van der Waals surface area contributed by atoms with Crippen LogP contribution < -0.4 is 5.32 Å². The van der Waals surface area contributed by atoms with E-state index in [-0.39, 0.29) is 11.8 Å². The van der Waals surface area contributed by atoms with Gasteiger partial charge in [0.25, 0.3) is 0 Å². The van der Waals surface area contributed by atoms with Crippen molar-refractivity contribution in [2.75, 3.05) is 0 Å². The summed E-state index contributed by atoms with van der Waals surface area (Å²) in [6.07, 6.45) is 4.29. The minimum Gasteiger partial charge on any atom is -0.295 e. The van der Waals surface area contributed by atoms with E-state index in [4.69, 9.17) is 5.26 Å². The molecule has 82 valence electrons. The molecule has 4 nitrogen and oxygen atoms in total. The number of unbranched alkanes of at least 4 members (excludes halogenated alkanes) is 2. The average molecular weight is 208 g/mol. The highest BCUT2D eigenvalue weighted by atomic mass is 16.2. The van der Waals surface area contributed by atoms with Crippen molar-refractivity contribution in [2.45, 2.75) is 39.0 Å². The lowest BCUT2D eigenvalue weighted by molar-refractivity contribution is -0.137. The molecule has 1 heterocycles. The van der Waals surface area contributed by atoms with E-state index in [0.717, 1.165) is 25.7 Å². The molecule has 1 aliphatic rings. The summed E-state index contributed by atoms with van der Waals surface area (Å²) in [4.78, 5) is 22.5. The maximum absolute atomic E-state index is 11.3. The number of nitrogens with zero attached hydrogens (tertiary/aromatic N) is 1. The van der Waals surface area contributed by atoms with Crippen LogP contribution in [-0.2, 0) is 9.59 Å². The second kappa shape index (κ2) is 5.50. The Labute approximate surface area is 89.6 Å². The van der Waals surface area contributed by atoms with Crippen LogP contribution in [0.25, 0.3) is 0 Å². The molecule has 4 heteroatoms. The first-order valence-electron chi connectivity index (χ1n) is 5.42. The van der Waals surface area contributed by atoms with Crippen molar-refractivity contribution in [1.29, 1.82) is 5.26 Å². The Balaban J connectivity index is 2.54. The van der Waals surface area contributed by atoms with Crippen molar-refractivity contribution >= 4 is 11.8 Å². The fraction of sp³-hybridized carbons (Fsp3) is 0.727. The summed E-state index contributed by atoms with van der Waals surface area (Å²) in [7, 11) is 0. The van der Waals surface area contributed by atoms with E-state index in [9.17, 15) is 9.59 Å². The third kappa shape index (κ3) is 3.05. The largest absolute Gasteiger partial charge is 0.295 e. The van der Waals surface area contributed by atoms with Crippen LogP contribution in [0.2, 0.25) is 0 Å². The molecule has 15 heavy (non-hydrogen) atoms. The highest BCUT2D eigenvalue weighted by molar-refractivity contribution is 6.00. The van der Waals surface area contributed by atoms with Crippen molar-refractivity contribution in [3.63, 3.8) is 0 Å². The molecule has 2 amide bonds. The molecule has 0 bridgehead atoms. The second-order valence-electron chi connectivity index (χ2n) is 3.98. The van der Waals surface area contributed by atoms with Crippen LogP contribution in [0.15, 0.2) is 0 Å². The smallest absolute Gasteiger partial charge is 0.244 e. The lowest BCUT2D eigenvalue weighted by Gasteiger charge is -2.25. The highest BCUT2D eigenvalue weighted by Crippen LogP contribution is 2.25. The van der Waals surface area contributed by atoms with E-state index in [1.165, 1.54) is 0 Å². The second-order valence-corrected chi connectivity index (χ2v) is 3.98. The van der Waals surface area contributed by atoms with E-state index in [0.29, 0.717) is 6.42 Å². The van der Waals surface area contributed by atoms with Gasteiger partial charge in [0.15, 0.2) is 0 Å². The number of nitrogens with one attached hydrogen (secondary N) is 1. The van der Waals surface area contributed by atoms with Gasteiger partial charge in [-0.05, 0) is 12.3 Å². The average Bonchev–Trinajstić information content (AvgIpc) is 2.17. The van der Waals surface area contributed by atoms with Gasteiger partial charge in [0.05, 0.1) is 6.07 Å². The van der Waals surface area contributed by atoms with Crippen molar-refractivity contribution in [2.24, 2.45) is 11.8 Å². The topological polar surface area (TPSA) is 70.0 Å². The number of imide groups is 1. The molecule has 0 aromatic carbocycles.